The molecule has 0 amide bonds. The SMILES string of the molecule is CC[C@H]1OC(=O)[C@H](C)[C@@H](O[C@H]2C[C@@](C)(OC)[C@@H](O)[C@H](C)O2)[C@H](C)[C@@H](O[C@@H]2O[C@H](C)C[C@H](N(C)C)[C@H]2O)[C@](C)(O)C[C@@H](C)CN(C(=S)Nc2cccc(Cl)c2)[C@H](C)[C@@H](O)[C@]1(C)O. The monoisotopic (exact) mass is 903 g/mol. The van der Waals surface area contributed by atoms with Gasteiger partial charge >= 0.3 is 5.97 Å². The smallest absolute Gasteiger partial charge is 0.311 e. The summed E-state index contributed by atoms with van der Waals surface area (Å²) in [4.78, 5) is 18.2. The summed E-state index contributed by atoms with van der Waals surface area (Å²) in [6.07, 6.45) is -9.26. The Kier molecular flexibility index (Phi) is 17.9. The van der Waals surface area contributed by atoms with E-state index < -0.39 is 96.0 Å². The highest BCUT2D eigenvalue weighted by molar-refractivity contribution is 7.80. The highest BCUT2D eigenvalue weighted by atomic mass is 35.5. The van der Waals surface area contributed by atoms with Crippen LogP contribution in [0.4, 0.5) is 5.69 Å². The lowest BCUT2D eigenvalue weighted by Crippen LogP contribution is -2.61. The van der Waals surface area contributed by atoms with Gasteiger partial charge in [-0.3, -0.25) is 4.79 Å². The van der Waals surface area contributed by atoms with Crippen LogP contribution in [0.25, 0.3) is 0 Å². The van der Waals surface area contributed by atoms with E-state index >= 15 is 0 Å². The Bertz CT molecular complexity index is 1610. The van der Waals surface area contributed by atoms with Gasteiger partial charge in [0.05, 0.1) is 47.6 Å². The number of hydrogen-bond acceptors (Lipinski definition) is 14. The fourth-order valence-corrected chi connectivity index (χ4v) is 10.1. The van der Waals surface area contributed by atoms with Gasteiger partial charge in [-0.15, -0.1) is 0 Å². The number of benzene rings is 1. The van der Waals surface area contributed by atoms with E-state index in [0.717, 1.165) is 0 Å². The van der Waals surface area contributed by atoms with E-state index in [2.05, 4.69) is 5.32 Å². The first-order valence-corrected chi connectivity index (χ1v) is 22.4. The molecular formula is C44H74ClN3O12S. The minimum atomic E-state index is -1.97. The van der Waals surface area contributed by atoms with Crippen LogP contribution in [0.1, 0.15) is 94.9 Å². The number of methoxy groups -OCH3 is 1. The van der Waals surface area contributed by atoms with Crippen molar-refractivity contribution in [3.8, 4) is 0 Å². The van der Waals surface area contributed by atoms with Crippen molar-refractivity contribution in [1.29, 1.82) is 0 Å². The number of cyclic esters (lactones) is 1. The molecule has 0 saturated carbocycles. The molecule has 0 bridgehead atoms. The quantitative estimate of drug-likeness (QED) is 0.160. The van der Waals surface area contributed by atoms with Crippen molar-refractivity contribution in [2.24, 2.45) is 17.8 Å². The van der Waals surface area contributed by atoms with E-state index in [1.54, 1.807) is 77.6 Å². The molecule has 6 N–H and O–H groups in total. The third-order valence-corrected chi connectivity index (χ3v) is 13.8. The van der Waals surface area contributed by atoms with Gasteiger partial charge in [-0.05, 0) is 118 Å². The average molecular weight is 905 g/mol. The Morgan fingerprint density at radius 2 is 1.67 bits per heavy atom. The van der Waals surface area contributed by atoms with Gasteiger partial charge in [0.15, 0.2) is 17.7 Å². The molecule has 1 aromatic rings. The molecule has 0 unspecified atom stereocenters. The number of aliphatic hydroxyl groups is 5. The second-order valence-electron chi connectivity index (χ2n) is 18.8. The van der Waals surface area contributed by atoms with Gasteiger partial charge in [-0.2, -0.15) is 0 Å². The van der Waals surface area contributed by atoms with E-state index in [1.165, 1.54) is 14.0 Å². The molecule has 3 aliphatic rings. The number of ether oxygens (including phenoxy) is 6. The van der Waals surface area contributed by atoms with E-state index in [4.69, 9.17) is 52.2 Å². The maximum absolute atomic E-state index is 14.5. The number of anilines is 1. The molecule has 18 atom stereocenters. The normalized spacial score (nSPS) is 43.6. The predicted molar refractivity (Wildman–Crippen MR) is 236 cm³/mol. The Hall–Kier alpha value is -1.77. The van der Waals surface area contributed by atoms with Crippen LogP contribution in [0, 0.1) is 17.8 Å². The summed E-state index contributed by atoms with van der Waals surface area (Å²) in [6.45, 7) is 17.5. The summed E-state index contributed by atoms with van der Waals surface area (Å²) < 4.78 is 37.9. The topological polar surface area (TPSA) is 192 Å². The van der Waals surface area contributed by atoms with Crippen LogP contribution in [0.3, 0.4) is 0 Å². The minimum absolute atomic E-state index is 0.0980. The second kappa shape index (κ2) is 21.0. The molecule has 1 aromatic carbocycles. The predicted octanol–water partition coefficient (Wildman–Crippen LogP) is 4.32. The largest absolute Gasteiger partial charge is 0.459 e. The third kappa shape index (κ3) is 12.1. The molecular weight excluding hydrogens is 830 g/mol. The number of hydrogen-bond donors (Lipinski definition) is 6. The molecule has 0 spiro atoms. The lowest BCUT2D eigenvalue weighted by molar-refractivity contribution is -0.318. The van der Waals surface area contributed by atoms with Gasteiger partial charge in [0.1, 0.15) is 30.0 Å². The number of nitrogens with one attached hydrogen (secondary N) is 1. The standard InChI is InChI=1S/C44H74ClN3O12S/c1-14-32-44(10,54)36(50)27(6)48(41(61)46-30-17-15-16-29(45)19-30)22-23(2)20-42(8,53)38(60-40-34(49)31(47(11)12)18-24(3)56-40)25(4)35(26(5)39(52)58-32)59-33-21-43(9,55-13)37(51)28(7)57-33/h15-17,19,23-28,31-38,40,49-51,53-54H,14,18,20-22H2,1-13H3,(H,46,61)/t23-,24-,25+,26-,27-,28+,31+,32-,33+,34-,35+,36-,37+,38-,40+,42-,43-,44-/m1/s1. The molecule has 15 nitrogen and oxygen atoms in total. The maximum atomic E-state index is 14.5. The van der Waals surface area contributed by atoms with Crippen molar-refractivity contribution in [3.63, 3.8) is 0 Å². The van der Waals surface area contributed by atoms with Gasteiger partial charge < -0.3 is 69.1 Å². The van der Waals surface area contributed by atoms with Crippen molar-refractivity contribution in [2.45, 2.75) is 185 Å². The molecule has 17 heteroatoms. The Labute approximate surface area is 373 Å². The molecule has 0 aliphatic carbocycles. The number of thiocarbonyl (C=S) groups is 1. The van der Waals surface area contributed by atoms with Crippen molar-refractivity contribution in [3.05, 3.63) is 29.3 Å². The highest BCUT2D eigenvalue weighted by Gasteiger charge is 2.53. The zero-order valence-corrected chi connectivity index (χ0v) is 39.9. The van der Waals surface area contributed by atoms with Crippen LogP contribution in [-0.2, 0) is 33.2 Å². The summed E-state index contributed by atoms with van der Waals surface area (Å²) in [5, 5.41) is 63.7. The number of carbonyl (C=O) groups excluding carboxylic acids is 1. The van der Waals surface area contributed by atoms with Gasteiger partial charge in [0, 0.05) is 42.7 Å². The van der Waals surface area contributed by atoms with E-state index in [-0.39, 0.29) is 49.0 Å². The first-order chi connectivity index (χ1) is 28.3. The van der Waals surface area contributed by atoms with Crippen LogP contribution < -0.4 is 5.32 Å². The number of carbonyl (C=O) groups is 1. The van der Waals surface area contributed by atoms with Gasteiger partial charge in [-0.25, -0.2) is 0 Å². The lowest BCUT2D eigenvalue weighted by atomic mass is 9.77. The van der Waals surface area contributed by atoms with E-state index in [0.29, 0.717) is 17.1 Å². The first kappa shape index (κ1) is 51.9. The number of likely N-dealkylation sites (N-methyl/N-ethyl adjacent to an activating group) is 1. The molecule has 61 heavy (non-hydrogen) atoms. The summed E-state index contributed by atoms with van der Waals surface area (Å²) in [5.74, 6) is -3.00. The molecule has 3 heterocycles. The molecule has 0 radical (unpaired) electrons. The van der Waals surface area contributed by atoms with Crippen molar-refractivity contribution >= 4 is 40.6 Å². The Morgan fingerprint density at radius 3 is 2.26 bits per heavy atom. The molecule has 0 aromatic heterocycles. The van der Waals surface area contributed by atoms with Crippen molar-refractivity contribution in [1.82, 2.24) is 9.80 Å². The van der Waals surface area contributed by atoms with Crippen molar-refractivity contribution in [2.75, 3.05) is 33.1 Å². The zero-order chi connectivity index (χ0) is 45.9. The summed E-state index contributed by atoms with van der Waals surface area (Å²) in [5.41, 5.74) is -4.11. The third-order valence-electron chi connectivity index (χ3n) is 13.2. The van der Waals surface area contributed by atoms with Crippen molar-refractivity contribution < 1.29 is 58.7 Å². The second-order valence-corrected chi connectivity index (χ2v) is 19.6. The average Bonchev–Trinajstić information content (AvgIpc) is 3.18. The zero-order valence-electron chi connectivity index (χ0n) is 38.3. The number of aliphatic hydroxyl groups excluding tert-OH is 3. The fourth-order valence-electron chi connectivity index (χ4n) is 9.54. The Balaban J connectivity index is 1.86. The highest BCUT2D eigenvalue weighted by Crippen LogP contribution is 2.40. The number of halogens is 1. The minimum Gasteiger partial charge on any atom is -0.459 e. The van der Waals surface area contributed by atoms with Crippen LogP contribution >= 0.6 is 23.8 Å². The first-order valence-electron chi connectivity index (χ1n) is 21.6. The summed E-state index contributed by atoms with van der Waals surface area (Å²) in [7, 11) is 5.24. The summed E-state index contributed by atoms with van der Waals surface area (Å²) >= 11 is 12.3. The number of rotatable bonds is 8. The van der Waals surface area contributed by atoms with E-state index in [1.807, 2.05) is 32.8 Å². The van der Waals surface area contributed by atoms with Crippen LogP contribution in [-0.4, -0.2) is 164 Å². The molecule has 3 saturated heterocycles. The fraction of sp³-hybridized carbons (Fsp3) is 0.818. The van der Waals surface area contributed by atoms with Gasteiger partial charge in [-0.1, -0.05) is 38.4 Å². The molecule has 4 rings (SSSR count). The number of nitrogens with zero attached hydrogens (tertiary/aromatic N) is 2. The molecule has 3 fully saturated rings. The van der Waals surface area contributed by atoms with Crippen LogP contribution in [0.5, 0.6) is 0 Å². The van der Waals surface area contributed by atoms with Crippen LogP contribution in [0.15, 0.2) is 24.3 Å². The number of esters is 1. The van der Waals surface area contributed by atoms with E-state index in [9.17, 15) is 30.3 Å². The summed E-state index contributed by atoms with van der Waals surface area (Å²) in [6, 6.07) is 5.86. The molecule has 3 aliphatic heterocycles. The van der Waals surface area contributed by atoms with Gasteiger partial charge in [0.25, 0.3) is 0 Å². The molecule has 350 valence electrons. The lowest BCUT2D eigenvalue weighted by Gasteiger charge is -2.49. The van der Waals surface area contributed by atoms with Gasteiger partial charge in [0.2, 0.25) is 0 Å². The van der Waals surface area contributed by atoms with Crippen LogP contribution in [0.2, 0.25) is 5.02 Å². The maximum Gasteiger partial charge on any atom is 0.311 e. The Morgan fingerprint density at radius 1 is 1.02 bits per heavy atom.